The van der Waals surface area contributed by atoms with Gasteiger partial charge in [-0.25, -0.2) is 9.59 Å². The molecule has 1 aromatic heterocycles. The first kappa shape index (κ1) is 23.0. The second-order valence-corrected chi connectivity index (χ2v) is 6.64. The fraction of sp³-hybridized carbons (Fsp3) is 0.136. The predicted octanol–water partition coefficient (Wildman–Crippen LogP) is 1.96. The Kier molecular flexibility index (Phi) is 7.37. The third kappa shape index (κ3) is 6.17. The summed E-state index contributed by atoms with van der Waals surface area (Å²) in [5.74, 6) is -1.48. The van der Waals surface area contributed by atoms with Crippen LogP contribution in [0, 0.1) is 0 Å². The van der Waals surface area contributed by atoms with Crippen LogP contribution in [0.2, 0.25) is 0 Å². The van der Waals surface area contributed by atoms with E-state index in [-0.39, 0.29) is 24.6 Å². The zero-order valence-corrected chi connectivity index (χ0v) is 17.6. The van der Waals surface area contributed by atoms with E-state index >= 15 is 0 Å². The van der Waals surface area contributed by atoms with Crippen LogP contribution in [0.1, 0.15) is 6.92 Å². The lowest BCUT2D eigenvalue weighted by molar-refractivity contribution is -0.138. The Balaban J connectivity index is 1.69. The highest BCUT2D eigenvalue weighted by Crippen LogP contribution is 2.23. The van der Waals surface area contributed by atoms with Gasteiger partial charge in [-0.1, -0.05) is 18.7 Å². The molecule has 0 saturated heterocycles. The lowest BCUT2D eigenvalue weighted by Gasteiger charge is -2.11. The first-order valence-corrected chi connectivity index (χ1v) is 9.76. The van der Waals surface area contributed by atoms with Crippen molar-refractivity contribution in [3.8, 4) is 5.75 Å². The number of amides is 1. The number of esters is 1. The van der Waals surface area contributed by atoms with E-state index in [4.69, 9.17) is 9.47 Å². The summed E-state index contributed by atoms with van der Waals surface area (Å²) >= 11 is 0. The maximum Gasteiger partial charge on any atom is 0.330 e. The molecule has 0 aliphatic rings. The van der Waals surface area contributed by atoms with Gasteiger partial charge in [0.05, 0.1) is 16.7 Å². The monoisotopic (exact) mass is 451 g/mol. The second kappa shape index (κ2) is 10.6. The molecular weight excluding hydrogens is 430 g/mol. The van der Waals surface area contributed by atoms with Crippen molar-refractivity contribution in [3.63, 3.8) is 0 Å². The van der Waals surface area contributed by atoms with Crippen LogP contribution in [0.4, 0.5) is 11.4 Å². The zero-order valence-electron chi connectivity index (χ0n) is 17.6. The number of ketones is 1. The Morgan fingerprint density at radius 1 is 1.09 bits per heavy atom. The molecule has 0 spiro atoms. The number of hydrazone groups is 1. The molecule has 0 radical (unpaired) electrons. The van der Waals surface area contributed by atoms with Gasteiger partial charge >= 0.3 is 11.7 Å². The van der Waals surface area contributed by atoms with Gasteiger partial charge in [-0.3, -0.25) is 15.0 Å². The number of para-hydroxylation sites is 2. The smallest absolute Gasteiger partial charge is 0.330 e. The summed E-state index contributed by atoms with van der Waals surface area (Å²) in [5, 5.41) is 6.53. The van der Waals surface area contributed by atoms with Crippen molar-refractivity contribution in [2.45, 2.75) is 6.92 Å². The number of hydrogen-bond donors (Lipinski definition) is 4. The van der Waals surface area contributed by atoms with Crippen molar-refractivity contribution in [2.75, 3.05) is 24.0 Å². The van der Waals surface area contributed by atoms with Gasteiger partial charge in [0, 0.05) is 18.7 Å². The van der Waals surface area contributed by atoms with Crippen molar-refractivity contribution in [1.29, 1.82) is 0 Å². The minimum absolute atomic E-state index is 0.0142. The van der Waals surface area contributed by atoms with Crippen LogP contribution in [0.15, 0.2) is 65.0 Å². The largest absolute Gasteiger partial charge is 0.488 e. The molecular formula is C22H21N5O6. The molecule has 0 unspecified atom stereocenters. The summed E-state index contributed by atoms with van der Waals surface area (Å²) in [6.45, 7) is 4.61. The Morgan fingerprint density at radius 3 is 2.61 bits per heavy atom. The van der Waals surface area contributed by atoms with Crippen molar-refractivity contribution in [3.05, 3.63) is 65.6 Å². The highest BCUT2D eigenvalue weighted by atomic mass is 16.6. The number of carbonyl (C=O) groups is 3. The molecule has 0 fully saturated rings. The number of hydrogen-bond acceptors (Lipinski definition) is 8. The molecule has 33 heavy (non-hydrogen) atoms. The molecule has 0 saturated carbocycles. The number of fused-ring (bicyclic) bond motifs is 1. The molecule has 0 aliphatic heterocycles. The number of Topliss-reactive ketones (excluding diaryl/α,β-unsaturated/α-hetero) is 1. The second-order valence-electron chi connectivity index (χ2n) is 6.64. The van der Waals surface area contributed by atoms with E-state index in [0.717, 1.165) is 6.08 Å². The van der Waals surface area contributed by atoms with Crippen LogP contribution in [-0.4, -0.2) is 46.6 Å². The van der Waals surface area contributed by atoms with Crippen molar-refractivity contribution in [1.82, 2.24) is 9.97 Å². The van der Waals surface area contributed by atoms with Crippen LogP contribution < -0.4 is 21.2 Å². The van der Waals surface area contributed by atoms with E-state index in [2.05, 4.69) is 32.4 Å². The normalized spacial score (nSPS) is 11.0. The zero-order chi connectivity index (χ0) is 23.8. The molecule has 4 N–H and O–H groups in total. The maximum atomic E-state index is 12.6. The number of ether oxygens (including phenoxy) is 2. The average molecular weight is 451 g/mol. The fourth-order valence-electron chi connectivity index (χ4n) is 2.74. The molecule has 11 nitrogen and oxygen atoms in total. The summed E-state index contributed by atoms with van der Waals surface area (Å²) in [4.78, 5) is 52.3. The molecule has 11 heteroatoms. The van der Waals surface area contributed by atoms with E-state index in [9.17, 15) is 19.2 Å². The Morgan fingerprint density at radius 2 is 1.85 bits per heavy atom. The molecule has 1 amide bonds. The van der Waals surface area contributed by atoms with E-state index in [1.807, 2.05) is 0 Å². The third-order valence-corrected chi connectivity index (χ3v) is 4.25. The number of anilines is 2. The van der Waals surface area contributed by atoms with Gasteiger partial charge in [0.2, 0.25) is 0 Å². The predicted molar refractivity (Wildman–Crippen MR) is 122 cm³/mol. The van der Waals surface area contributed by atoms with Crippen molar-refractivity contribution < 1.29 is 23.9 Å². The number of imidazole rings is 1. The van der Waals surface area contributed by atoms with Crippen LogP contribution in [0.25, 0.3) is 11.0 Å². The maximum absolute atomic E-state index is 12.6. The lowest BCUT2D eigenvalue weighted by atomic mass is 10.2. The number of rotatable bonds is 10. The SMILES string of the molecule is C=CC(=O)OCCOc1ccccc1N/N=C(\C(C)=O)C(=O)Nc1ccc2[nH]c(=O)[nH]c2c1. The fourth-order valence-corrected chi connectivity index (χ4v) is 2.74. The number of benzene rings is 2. The van der Waals surface area contributed by atoms with Gasteiger partial charge in [-0.05, 0) is 30.3 Å². The number of nitrogens with zero attached hydrogens (tertiary/aromatic N) is 1. The number of nitrogens with one attached hydrogen (secondary N) is 4. The topological polar surface area (TPSA) is 155 Å². The van der Waals surface area contributed by atoms with E-state index in [1.54, 1.807) is 42.5 Å². The summed E-state index contributed by atoms with van der Waals surface area (Å²) in [6, 6.07) is 11.5. The van der Waals surface area contributed by atoms with Crippen LogP contribution in [-0.2, 0) is 19.1 Å². The quantitative estimate of drug-likeness (QED) is 0.0917. The number of aromatic amines is 2. The van der Waals surface area contributed by atoms with Gasteiger partial charge in [0.25, 0.3) is 5.91 Å². The van der Waals surface area contributed by atoms with Crippen LogP contribution >= 0.6 is 0 Å². The Bertz CT molecular complexity index is 1290. The standard InChI is InChI=1S/C22H21N5O6/c1-3-19(29)33-11-10-32-18-7-5-4-6-16(18)26-27-20(13(2)28)21(30)23-14-8-9-15-17(12-14)25-22(31)24-15/h3-9,12,26H,1,10-11H2,2H3,(H,23,30)(H2,24,25,31)/b27-20+. The summed E-state index contributed by atoms with van der Waals surface area (Å²) in [6.07, 6.45) is 1.05. The molecule has 3 rings (SSSR count). The minimum Gasteiger partial charge on any atom is -0.488 e. The van der Waals surface area contributed by atoms with Gasteiger partial charge in [-0.2, -0.15) is 5.10 Å². The first-order valence-electron chi connectivity index (χ1n) is 9.76. The van der Waals surface area contributed by atoms with Crippen LogP contribution in [0.5, 0.6) is 5.75 Å². The Labute approximate surface area is 187 Å². The summed E-state index contributed by atoms with van der Waals surface area (Å²) in [7, 11) is 0. The highest BCUT2D eigenvalue weighted by molar-refractivity contribution is 6.67. The van der Waals surface area contributed by atoms with Crippen molar-refractivity contribution >= 4 is 45.8 Å². The first-order chi connectivity index (χ1) is 15.9. The minimum atomic E-state index is -0.734. The van der Waals surface area contributed by atoms with Crippen molar-refractivity contribution in [2.24, 2.45) is 5.10 Å². The number of aromatic nitrogens is 2. The van der Waals surface area contributed by atoms with E-state index in [0.29, 0.717) is 28.2 Å². The molecule has 1 heterocycles. The molecule has 0 aliphatic carbocycles. The highest BCUT2D eigenvalue weighted by Gasteiger charge is 2.18. The van der Waals surface area contributed by atoms with Gasteiger partial charge < -0.3 is 24.8 Å². The summed E-state index contributed by atoms with van der Waals surface area (Å²) < 4.78 is 10.4. The molecule has 2 aromatic carbocycles. The molecule has 170 valence electrons. The number of H-pyrrole nitrogens is 2. The molecule has 3 aromatic rings. The lowest BCUT2D eigenvalue weighted by Crippen LogP contribution is -2.29. The number of carbonyl (C=O) groups excluding carboxylic acids is 3. The average Bonchev–Trinajstić information content (AvgIpc) is 3.16. The molecule has 0 atom stereocenters. The molecule has 0 bridgehead atoms. The Hall–Kier alpha value is -4.67. The van der Waals surface area contributed by atoms with Gasteiger partial charge in [0.1, 0.15) is 19.0 Å². The van der Waals surface area contributed by atoms with Crippen LogP contribution in [0.3, 0.4) is 0 Å². The summed E-state index contributed by atoms with van der Waals surface area (Å²) in [5.41, 5.74) is 3.77. The van der Waals surface area contributed by atoms with E-state index in [1.165, 1.54) is 6.92 Å². The van der Waals surface area contributed by atoms with Gasteiger partial charge in [-0.15, -0.1) is 0 Å². The van der Waals surface area contributed by atoms with Gasteiger partial charge in [0.15, 0.2) is 11.5 Å². The third-order valence-electron chi connectivity index (χ3n) is 4.25. The van der Waals surface area contributed by atoms with E-state index < -0.39 is 17.7 Å².